The van der Waals surface area contributed by atoms with Crippen LogP contribution in [-0.2, 0) is 11.2 Å². The molecular formula is C14H19ClO. The summed E-state index contributed by atoms with van der Waals surface area (Å²) in [6.07, 6.45) is 3.82. The first-order valence-electron chi connectivity index (χ1n) is 6.09. The monoisotopic (exact) mass is 238 g/mol. The average Bonchev–Trinajstić information content (AvgIpc) is 2.75. The Morgan fingerprint density at radius 1 is 1.31 bits per heavy atom. The molecule has 88 valence electrons. The first-order chi connectivity index (χ1) is 7.70. The lowest BCUT2D eigenvalue weighted by molar-refractivity contribution is 0.0533. The van der Waals surface area contributed by atoms with Crippen molar-refractivity contribution in [3.8, 4) is 0 Å². The van der Waals surface area contributed by atoms with Crippen LogP contribution in [0.3, 0.4) is 0 Å². The zero-order valence-corrected chi connectivity index (χ0v) is 10.7. The molecule has 1 nitrogen and oxygen atoms in total. The Bertz CT molecular complexity index is 333. The molecule has 0 aliphatic carbocycles. The second-order valence-corrected chi connectivity index (χ2v) is 5.03. The van der Waals surface area contributed by atoms with Gasteiger partial charge in [0.25, 0.3) is 0 Å². The topological polar surface area (TPSA) is 9.23 Å². The van der Waals surface area contributed by atoms with Crippen molar-refractivity contribution in [2.24, 2.45) is 0 Å². The molecule has 0 spiro atoms. The van der Waals surface area contributed by atoms with Gasteiger partial charge in [-0.2, -0.15) is 0 Å². The average molecular weight is 239 g/mol. The van der Waals surface area contributed by atoms with E-state index < -0.39 is 0 Å². The van der Waals surface area contributed by atoms with Crippen LogP contribution in [0.2, 0.25) is 0 Å². The number of aryl methyl sites for hydroxylation is 1. The van der Waals surface area contributed by atoms with E-state index in [9.17, 15) is 0 Å². The van der Waals surface area contributed by atoms with Gasteiger partial charge in [-0.25, -0.2) is 0 Å². The first-order valence-corrected chi connectivity index (χ1v) is 6.52. The van der Waals surface area contributed by atoms with Gasteiger partial charge in [-0.3, -0.25) is 0 Å². The summed E-state index contributed by atoms with van der Waals surface area (Å²) < 4.78 is 5.80. The van der Waals surface area contributed by atoms with Crippen LogP contribution in [0.25, 0.3) is 0 Å². The van der Waals surface area contributed by atoms with Gasteiger partial charge in [-0.1, -0.05) is 31.2 Å². The van der Waals surface area contributed by atoms with Gasteiger partial charge >= 0.3 is 0 Å². The maximum absolute atomic E-state index is 6.45. The number of rotatable bonds is 3. The highest BCUT2D eigenvalue weighted by molar-refractivity contribution is 6.21. The Hall–Kier alpha value is -0.530. The molecule has 1 aromatic carbocycles. The van der Waals surface area contributed by atoms with E-state index in [-0.39, 0.29) is 11.5 Å². The van der Waals surface area contributed by atoms with Crippen molar-refractivity contribution in [2.45, 2.75) is 50.7 Å². The summed E-state index contributed by atoms with van der Waals surface area (Å²) >= 11 is 6.45. The van der Waals surface area contributed by atoms with E-state index in [4.69, 9.17) is 16.3 Å². The third-order valence-corrected chi connectivity index (χ3v) is 3.83. The zero-order chi connectivity index (χ0) is 11.5. The smallest absolute Gasteiger partial charge is 0.0847 e. The molecule has 1 aliphatic heterocycles. The van der Waals surface area contributed by atoms with Crippen LogP contribution >= 0.6 is 11.6 Å². The summed E-state index contributed by atoms with van der Waals surface area (Å²) in [6, 6.07) is 8.57. The lowest BCUT2D eigenvalue weighted by Crippen LogP contribution is -2.14. The lowest BCUT2D eigenvalue weighted by atomic mass is 10.0. The van der Waals surface area contributed by atoms with Crippen LogP contribution in [0.5, 0.6) is 0 Å². The van der Waals surface area contributed by atoms with Gasteiger partial charge in [0, 0.05) is 0 Å². The second-order valence-electron chi connectivity index (χ2n) is 4.56. The maximum Gasteiger partial charge on any atom is 0.0847 e. The molecule has 2 rings (SSSR count). The van der Waals surface area contributed by atoms with E-state index in [0.29, 0.717) is 6.10 Å². The largest absolute Gasteiger partial charge is 0.373 e. The Morgan fingerprint density at radius 2 is 2.00 bits per heavy atom. The molecule has 0 bridgehead atoms. The molecule has 3 atom stereocenters. The van der Waals surface area contributed by atoms with Crippen molar-refractivity contribution in [1.82, 2.24) is 0 Å². The van der Waals surface area contributed by atoms with Gasteiger partial charge in [-0.05, 0) is 37.3 Å². The van der Waals surface area contributed by atoms with E-state index in [1.54, 1.807) is 0 Å². The minimum Gasteiger partial charge on any atom is -0.373 e. The van der Waals surface area contributed by atoms with Crippen LogP contribution < -0.4 is 0 Å². The molecule has 0 amide bonds. The molecule has 16 heavy (non-hydrogen) atoms. The summed E-state index contributed by atoms with van der Waals surface area (Å²) in [5.74, 6) is 0. The van der Waals surface area contributed by atoms with Crippen LogP contribution in [0.4, 0.5) is 0 Å². The predicted octanol–water partition coefficient (Wildman–Crippen LogP) is 4.10. The van der Waals surface area contributed by atoms with Gasteiger partial charge < -0.3 is 4.74 Å². The number of hydrogen-bond acceptors (Lipinski definition) is 1. The minimum atomic E-state index is -0.00384. The molecule has 1 saturated heterocycles. The summed E-state index contributed by atoms with van der Waals surface area (Å²) in [7, 11) is 0. The Labute approximate surface area is 103 Å². The van der Waals surface area contributed by atoms with E-state index in [2.05, 4.69) is 38.1 Å². The minimum absolute atomic E-state index is 0.00384. The van der Waals surface area contributed by atoms with Crippen molar-refractivity contribution < 1.29 is 4.74 Å². The maximum atomic E-state index is 6.45. The SMILES string of the molecule is CCc1ccc(C(Cl)C2CCC(C)O2)cc1. The number of alkyl halides is 1. The number of ether oxygens (including phenoxy) is 1. The molecular weight excluding hydrogens is 220 g/mol. The number of hydrogen-bond donors (Lipinski definition) is 0. The molecule has 3 unspecified atom stereocenters. The molecule has 0 aromatic heterocycles. The van der Waals surface area contributed by atoms with E-state index in [1.165, 1.54) is 11.1 Å². The molecule has 2 heteroatoms. The van der Waals surface area contributed by atoms with E-state index >= 15 is 0 Å². The highest BCUT2D eigenvalue weighted by Gasteiger charge is 2.29. The standard InChI is InChI=1S/C14H19ClO/c1-3-11-5-7-12(8-6-11)14(15)13-9-4-10(2)16-13/h5-8,10,13-14H,3-4,9H2,1-2H3. The van der Waals surface area contributed by atoms with Gasteiger partial charge in [0.15, 0.2) is 0 Å². The fourth-order valence-corrected chi connectivity index (χ4v) is 2.53. The third kappa shape index (κ3) is 2.58. The molecule has 1 heterocycles. The molecule has 1 aromatic rings. The Morgan fingerprint density at radius 3 is 2.50 bits per heavy atom. The van der Waals surface area contributed by atoms with Crippen molar-refractivity contribution in [2.75, 3.05) is 0 Å². The van der Waals surface area contributed by atoms with Crippen LogP contribution in [-0.4, -0.2) is 12.2 Å². The normalized spacial score (nSPS) is 26.9. The molecule has 1 fully saturated rings. The van der Waals surface area contributed by atoms with E-state index in [1.807, 2.05) is 0 Å². The highest BCUT2D eigenvalue weighted by atomic mass is 35.5. The van der Waals surface area contributed by atoms with Crippen LogP contribution in [0.15, 0.2) is 24.3 Å². The quantitative estimate of drug-likeness (QED) is 0.721. The summed E-state index contributed by atoms with van der Waals surface area (Å²) in [6.45, 7) is 4.28. The van der Waals surface area contributed by atoms with Gasteiger partial charge in [0.05, 0.1) is 17.6 Å². The summed E-state index contributed by atoms with van der Waals surface area (Å²) in [5.41, 5.74) is 2.53. The first kappa shape index (κ1) is 11.9. The highest BCUT2D eigenvalue weighted by Crippen LogP contribution is 2.34. The van der Waals surface area contributed by atoms with Crippen LogP contribution in [0.1, 0.15) is 43.2 Å². The van der Waals surface area contributed by atoms with Crippen molar-refractivity contribution in [3.05, 3.63) is 35.4 Å². The van der Waals surface area contributed by atoms with Crippen molar-refractivity contribution in [3.63, 3.8) is 0 Å². The Kier molecular flexibility index (Phi) is 3.88. The van der Waals surface area contributed by atoms with Crippen molar-refractivity contribution in [1.29, 1.82) is 0 Å². The predicted molar refractivity (Wildman–Crippen MR) is 68.0 cm³/mol. The van der Waals surface area contributed by atoms with Crippen molar-refractivity contribution >= 4 is 11.6 Å². The number of halogens is 1. The van der Waals surface area contributed by atoms with Gasteiger partial charge in [0.2, 0.25) is 0 Å². The fourth-order valence-electron chi connectivity index (χ4n) is 2.20. The Balaban J connectivity index is 2.05. The summed E-state index contributed by atoms with van der Waals surface area (Å²) in [4.78, 5) is 0. The lowest BCUT2D eigenvalue weighted by Gasteiger charge is -2.18. The summed E-state index contributed by atoms with van der Waals surface area (Å²) in [5, 5.41) is -0.00384. The fraction of sp³-hybridized carbons (Fsp3) is 0.571. The molecule has 0 N–H and O–H groups in total. The molecule has 0 saturated carbocycles. The van der Waals surface area contributed by atoms with Gasteiger partial charge in [-0.15, -0.1) is 11.6 Å². The van der Waals surface area contributed by atoms with Gasteiger partial charge in [0.1, 0.15) is 0 Å². The van der Waals surface area contributed by atoms with E-state index in [0.717, 1.165) is 19.3 Å². The number of benzene rings is 1. The molecule has 0 radical (unpaired) electrons. The second kappa shape index (κ2) is 5.20. The zero-order valence-electron chi connectivity index (χ0n) is 9.95. The third-order valence-electron chi connectivity index (χ3n) is 3.30. The molecule has 1 aliphatic rings. The van der Waals surface area contributed by atoms with Crippen LogP contribution in [0, 0.1) is 0 Å².